The van der Waals surface area contributed by atoms with Crippen LogP contribution in [0, 0.1) is 0 Å². The fraction of sp³-hybridized carbons (Fsp3) is 0.600. The Kier molecular flexibility index (Phi) is 6.23. The maximum absolute atomic E-state index is 13.0. The Balaban J connectivity index is 2.36. The van der Waals surface area contributed by atoms with Crippen LogP contribution in [0.4, 0.5) is 0 Å². The summed E-state index contributed by atoms with van der Waals surface area (Å²) in [5.74, 6) is 0.871. The Morgan fingerprint density at radius 1 is 1.22 bits per heavy atom. The first-order valence-electron chi connectivity index (χ1n) is 7.56. The van der Waals surface area contributed by atoms with E-state index in [1.54, 1.807) is 6.07 Å². The van der Waals surface area contributed by atoms with Gasteiger partial charge in [-0.15, -0.1) is 0 Å². The Hall–Kier alpha value is -1.35. The lowest BCUT2D eigenvalue weighted by Gasteiger charge is -2.33. The highest BCUT2D eigenvalue weighted by Gasteiger charge is 2.32. The zero-order chi connectivity index (χ0) is 16.9. The molecule has 1 heterocycles. The summed E-state index contributed by atoms with van der Waals surface area (Å²) in [5.41, 5.74) is 5.63. The van der Waals surface area contributed by atoms with Gasteiger partial charge in [-0.25, -0.2) is 8.42 Å². The van der Waals surface area contributed by atoms with E-state index >= 15 is 0 Å². The zero-order valence-corrected chi connectivity index (χ0v) is 14.3. The van der Waals surface area contributed by atoms with Crippen LogP contribution in [0.2, 0.25) is 0 Å². The van der Waals surface area contributed by atoms with Crippen LogP contribution in [-0.2, 0) is 14.8 Å². The quantitative estimate of drug-likeness (QED) is 0.788. The summed E-state index contributed by atoms with van der Waals surface area (Å²) in [7, 11) is -0.673. The van der Waals surface area contributed by atoms with Crippen LogP contribution in [0.5, 0.6) is 11.5 Å². The second kappa shape index (κ2) is 7.96. The number of benzene rings is 1. The molecule has 1 saturated heterocycles. The van der Waals surface area contributed by atoms with Crippen molar-refractivity contribution in [1.29, 1.82) is 0 Å². The van der Waals surface area contributed by atoms with Crippen molar-refractivity contribution in [3.05, 3.63) is 18.2 Å². The van der Waals surface area contributed by atoms with Gasteiger partial charge in [-0.3, -0.25) is 0 Å². The van der Waals surface area contributed by atoms with E-state index < -0.39 is 10.0 Å². The number of rotatable bonds is 7. The third-order valence-corrected chi connectivity index (χ3v) is 5.86. The highest BCUT2D eigenvalue weighted by atomic mass is 32.2. The SMILES string of the molecule is COc1ccc(S(=O)(=O)N(CCN)C2CCOCC2)cc1OC. The van der Waals surface area contributed by atoms with Gasteiger partial charge in [0.1, 0.15) is 0 Å². The molecule has 23 heavy (non-hydrogen) atoms. The summed E-state index contributed by atoms with van der Waals surface area (Å²) in [4.78, 5) is 0.176. The second-order valence-corrected chi connectivity index (χ2v) is 7.16. The monoisotopic (exact) mass is 344 g/mol. The van der Waals surface area contributed by atoms with Gasteiger partial charge in [0, 0.05) is 38.4 Å². The molecule has 8 heteroatoms. The molecule has 0 spiro atoms. The first kappa shape index (κ1) is 18.0. The summed E-state index contributed by atoms with van der Waals surface area (Å²) in [5, 5.41) is 0. The molecule has 0 radical (unpaired) electrons. The maximum Gasteiger partial charge on any atom is 0.243 e. The summed E-state index contributed by atoms with van der Waals surface area (Å²) in [6.45, 7) is 1.67. The smallest absolute Gasteiger partial charge is 0.243 e. The van der Waals surface area contributed by atoms with Gasteiger partial charge in [0.05, 0.1) is 19.1 Å². The summed E-state index contributed by atoms with van der Waals surface area (Å²) >= 11 is 0. The van der Waals surface area contributed by atoms with Crippen LogP contribution < -0.4 is 15.2 Å². The molecule has 0 saturated carbocycles. The molecule has 0 atom stereocenters. The van der Waals surface area contributed by atoms with Gasteiger partial charge < -0.3 is 19.9 Å². The molecule has 2 N–H and O–H groups in total. The van der Waals surface area contributed by atoms with Crippen molar-refractivity contribution in [3.63, 3.8) is 0 Å². The number of methoxy groups -OCH3 is 2. The highest BCUT2D eigenvalue weighted by molar-refractivity contribution is 7.89. The van der Waals surface area contributed by atoms with Crippen LogP contribution in [-0.4, -0.2) is 59.3 Å². The molecule has 1 fully saturated rings. The number of ether oxygens (including phenoxy) is 3. The molecule has 1 aliphatic heterocycles. The van der Waals surface area contributed by atoms with E-state index in [1.807, 2.05) is 0 Å². The fourth-order valence-corrected chi connectivity index (χ4v) is 4.43. The van der Waals surface area contributed by atoms with Crippen LogP contribution in [0.3, 0.4) is 0 Å². The molecule has 1 aliphatic rings. The summed E-state index contributed by atoms with van der Waals surface area (Å²) in [6, 6.07) is 4.51. The van der Waals surface area contributed by atoms with E-state index in [0.29, 0.717) is 37.6 Å². The standard InChI is InChI=1S/C15H24N2O5S/c1-20-14-4-3-13(11-15(14)21-2)23(18,19)17(8-7-16)12-5-9-22-10-6-12/h3-4,11-12H,5-10,16H2,1-2H3. The largest absolute Gasteiger partial charge is 0.493 e. The van der Waals surface area contributed by atoms with Crippen LogP contribution in [0.1, 0.15) is 12.8 Å². The van der Waals surface area contributed by atoms with Gasteiger partial charge in [0.25, 0.3) is 0 Å². The lowest BCUT2D eigenvalue weighted by molar-refractivity contribution is 0.0590. The van der Waals surface area contributed by atoms with E-state index in [2.05, 4.69) is 0 Å². The highest BCUT2D eigenvalue weighted by Crippen LogP contribution is 2.31. The third-order valence-electron chi connectivity index (χ3n) is 3.91. The van der Waals surface area contributed by atoms with Crippen molar-refractivity contribution in [3.8, 4) is 11.5 Å². The van der Waals surface area contributed by atoms with Gasteiger partial charge in [-0.05, 0) is 25.0 Å². The van der Waals surface area contributed by atoms with Gasteiger partial charge in [0.15, 0.2) is 11.5 Å². The average molecular weight is 344 g/mol. The minimum absolute atomic E-state index is 0.0922. The van der Waals surface area contributed by atoms with Crippen molar-refractivity contribution in [2.45, 2.75) is 23.8 Å². The predicted molar refractivity (Wildman–Crippen MR) is 86.3 cm³/mol. The molecule has 1 aromatic carbocycles. The molecular formula is C15H24N2O5S. The number of sulfonamides is 1. The van der Waals surface area contributed by atoms with Crippen molar-refractivity contribution in [2.75, 3.05) is 40.5 Å². The van der Waals surface area contributed by atoms with Crippen molar-refractivity contribution in [1.82, 2.24) is 4.31 Å². The van der Waals surface area contributed by atoms with Crippen LogP contribution >= 0.6 is 0 Å². The third kappa shape index (κ3) is 3.95. The van der Waals surface area contributed by atoms with Crippen molar-refractivity contribution in [2.24, 2.45) is 5.73 Å². The lowest BCUT2D eigenvalue weighted by Crippen LogP contribution is -2.45. The van der Waals surface area contributed by atoms with Gasteiger partial charge in [-0.1, -0.05) is 0 Å². The minimum atomic E-state index is -3.66. The molecule has 0 amide bonds. The van der Waals surface area contributed by atoms with E-state index in [4.69, 9.17) is 19.9 Å². The van der Waals surface area contributed by atoms with E-state index in [9.17, 15) is 8.42 Å². The normalized spacial score (nSPS) is 16.5. The second-order valence-electron chi connectivity index (χ2n) is 5.26. The number of nitrogens with zero attached hydrogens (tertiary/aromatic N) is 1. The molecule has 0 aromatic heterocycles. The molecule has 0 aliphatic carbocycles. The predicted octanol–water partition coefficient (Wildman–Crippen LogP) is 0.832. The van der Waals surface area contributed by atoms with E-state index in [-0.39, 0.29) is 24.0 Å². The molecule has 7 nitrogen and oxygen atoms in total. The molecule has 130 valence electrons. The Bertz CT molecular complexity index is 614. The number of hydrogen-bond donors (Lipinski definition) is 1. The molecule has 0 bridgehead atoms. The summed E-state index contributed by atoms with van der Waals surface area (Å²) in [6.07, 6.45) is 1.35. The van der Waals surface area contributed by atoms with Crippen molar-refractivity contribution >= 4 is 10.0 Å². The molecular weight excluding hydrogens is 320 g/mol. The Morgan fingerprint density at radius 3 is 2.43 bits per heavy atom. The van der Waals surface area contributed by atoms with E-state index in [0.717, 1.165) is 0 Å². The minimum Gasteiger partial charge on any atom is -0.493 e. The van der Waals surface area contributed by atoms with Crippen molar-refractivity contribution < 1.29 is 22.6 Å². The fourth-order valence-electron chi connectivity index (χ4n) is 2.71. The van der Waals surface area contributed by atoms with Crippen LogP contribution in [0.25, 0.3) is 0 Å². The lowest BCUT2D eigenvalue weighted by atomic mass is 10.1. The molecule has 0 unspecified atom stereocenters. The topological polar surface area (TPSA) is 91.1 Å². The number of nitrogens with two attached hydrogens (primary N) is 1. The van der Waals surface area contributed by atoms with E-state index in [1.165, 1.54) is 30.7 Å². The Labute approximate surface area is 137 Å². The number of hydrogen-bond acceptors (Lipinski definition) is 6. The van der Waals surface area contributed by atoms with Gasteiger partial charge in [-0.2, -0.15) is 4.31 Å². The molecule has 1 aromatic rings. The maximum atomic E-state index is 13.0. The first-order chi connectivity index (χ1) is 11.0. The summed E-state index contributed by atoms with van der Waals surface area (Å²) < 4.78 is 43.2. The van der Waals surface area contributed by atoms with Crippen LogP contribution in [0.15, 0.2) is 23.1 Å². The first-order valence-corrected chi connectivity index (χ1v) is 9.00. The average Bonchev–Trinajstić information content (AvgIpc) is 2.59. The zero-order valence-electron chi connectivity index (χ0n) is 13.5. The van der Waals surface area contributed by atoms with Gasteiger partial charge >= 0.3 is 0 Å². The molecule has 2 rings (SSSR count). The Morgan fingerprint density at radius 2 is 1.87 bits per heavy atom. The van der Waals surface area contributed by atoms with Gasteiger partial charge in [0.2, 0.25) is 10.0 Å².